The van der Waals surface area contributed by atoms with E-state index in [0.29, 0.717) is 0 Å². The van der Waals surface area contributed by atoms with Crippen LogP contribution in [-0.4, -0.2) is 4.98 Å². The van der Waals surface area contributed by atoms with Gasteiger partial charge in [-0.15, -0.1) is 0 Å². The first-order valence-electron chi connectivity index (χ1n) is 6.32. The first-order chi connectivity index (χ1) is 9.13. The van der Waals surface area contributed by atoms with Crippen LogP contribution in [0.1, 0.15) is 28.6 Å². The molecular formula is C16H16N2O. The summed E-state index contributed by atoms with van der Waals surface area (Å²) >= 11 is 0. The van der Waals surface area contributed by atoms with Crippen LogP contribution in [-0.2, 0) is 0 Å². The molecule has 0 amide bonds. The monoisotopic (exact) mass is 252 g/mol. The SMILES string of the molecule is Cc1ccc2oc(C(N)c3ccc(C)nc3)cc2c1. The molecule has 3 aromatic rings. The lowest BCUT2D eigenvalue weighted by atomic mass is 10.1. The van der Waals surface area contributed by atoms with Crippen molar-refractivity contribution in [3.05, 3.63) is 65.2 Å². The lowest BCUT2D eigenvalue weighted by molar-refractivity contribution is 0.524. The van der Waals surface area contributed by atoms with Gasteiger partial charge in [-0.2, -0.15) is 0 Å². The molecule has 0 aliphatic rings. The minimum absolute atomic E-state index is 0.277. The Morgan fingerprint density at radius 2 is 1.95 bits per heavy atom. The van der Waals surface area contributed by atoms with Crippen molar-refractivity contribution in [3.63, 3.8) is 0 Å². The van der Waals surface area contributed by atoms with Gasteiger partial charge >= 0.3 is 0 Å². The largest absolute Gasteiger partial charge is 0.459 e. The van der Waals surface area contributed by atoms with E-state index in [4.69, 9.17) is 10.2 Å². The Kier molecular flexibility index (Phi) is 2.84. The van der Waals surface area contributed by atoms with Gasteiger partial charge in [0.2, 0.25) is 0 Å². The molecule has 19 heavy (non-hydrogen) atoms. The van der Waals surface area contributed by atoms with Crippen LogP contribution in [0.3, 0.4) is 0 Å². The molecule has 0 spiro atoms. The number of pyridine rings is 1. The van der Waals surface area contributed by atoms with Crippen molar-refractivity contribution in [3.8, 4) is 0 Å². The molecule has 0 saturated heterocycles. The second-order valence-electron chi connectivity index (χ2n) is 4.90. The molecular weight excluding hydrogens is 236 g/mol. The van der Waals surface area contributed by atoms with Crippen molar-refractivity contribution in [1.82, 2.24) is 4.98 Å². The van der Waals surface area contributed by atoms with Crippen molar-refractivity contribution in [2.75, 3.05) is 0 Å². The minimum atomic E-state index is -0.277. The quantitative estimate of drug-likeness (QED) is 0.759. The van der Waals surface area contributed by atoms with Crippen LogP contribution in [0.25, 0.3) is 11.0 Å². The number of hydrogen-bond acceptors (Lipinski definition) is 3. The molecule has 96 valence electrons. The van der Waals surface area contributed by atoms with E-state index in [1.165, 1.54) is 5.56 Å². The predicted molar refractivity (Wildman–Crippen MR) is 76.0 cm³/mol. The van der Waals surface area contributed by atoms with Gasteiger partial charge in [0, 0.05) is 17.3 Å². The fraction of sp³-hybridized carbons (Fsp3) is 0.188. The fourth-order valence-electron chi connectivity index (χ4n) is 2.16. The Morgan fingerprint density at radius 3 is 2.68 bits per heavy atom. The summed E-state index contributed by atoms with van der Waals surface area (Å²) in [7, 11) is 0. The summed E-state index contributed by atoms with van der Waals surface area (Å²) in [6.07, 6.45) is 1.80. The third-order valence-electron chi connectivity index (χ3n) is 3.29. The second-order valence-corrected chi connectivity index (χ2v) is 4.90. The number of nitrogens with two attached hydrogens (primary N) is 1. The maximum absolute atomic E-state index is 6.23. The number of nitrogens with zero attached hydrogens (tertiary/aromatic N) is 1. The highest BCUT2D eigenvalue weighted by Gasteiger charge is 2.14. The smallest absolute Gasteiger partial charge is 0.134 e. The molecule has 1 aromatic carbocycles. The van der Waals surface area contributed by atoms with Gasteiger partial charge in [0.25, 0.3) is 0 Å². The molecule has 3 nitrogen and oxygen atoms in total. The Balaban J connectivity index is 2.01. The fourth-order valence-corrected chi connectivity index (χ4v) is 2.16. The summed E-state index contributed by atoms with van der Waals surface area (Å²) in [4.78, 5) is 4.27. The summed E-state index contributed by atoms with van der Waals surface area (Å²) in [5, 5.41) is 1.09. The summed E-state index contributed by atoms with van der Waals surface area (Å²) in [6, 6.07) is 11.8. The van der Waals surface area contributed by atoms with Crippen LogP contribution in [0.2, 0.25) is 0 Å². The van der Waals surface area contributed by atoms with E-state index >= 15 is 0 Å². The molecule has 0 bridgehead atoms. The number of aryl methyl sites for hydroxylation is 2. The third-order valence-corrected chi connectivity index (χ3v) is 3.29. The molecule has 0 fully saturated rings. The maximum Gasteiger partial charge on any atom is 0.134 e. The van der Waals surface area contributed by atoms with Crippen molar-refractivity contribution >= 4 is 11.0 Å². The van der Waals surface area contributed by atoms with Crippen LogP contribution < -0.4 is 5.73 Å². The number of aromatic nitrogens is 1. The number of hydrogen-bond donors (Lipinski definition) is 1. The van der Waals surface area contributed by atoms with Gasteiger partial charge in [-0.05, 0) is 43.7 Å². The molecule has 3 heteroatoms. The van der Waals surface area contributed by atoms with Crippen molar-refractivity contribution in [2.45, 2.75) is 19.9 Å². The summed E-state index contributed by atoms with van der Waals surface area (Å²) in [6.45, 7) is 4.02. The second kappa shape index (κ2) is 4.52. The van der Waals surface area contributed by atoms with E-state index in [-0.39, 0.29) is 6.04 Å². The van der Waals surface area contributed by atoms with Crippen LogP contribution >= 0.6 is 0 Å². The standard InChI is InChI=1S/C16H16N2O/c1-10-3-6-14-13(7-10)8-15(19-14)16(17)12-5-4-11(2)18-9-12/h3-9,16H,17H2,1-2H3. The Morgan fingerprint density at radius 1 is 1.11 bits per heavy atom. The van der Waals surface area contributed by atoms with E-state index in [1.54, 1.807) is 6.20 Å². The lowest BCUT2D eigenvalue weighted by Crippen LogP contribution is -2.11. The maximum atomic E-state index is 6.23. The van der Waals surface area contributed by atoms with Crippen LogP contribution in [0.15, 0.2) is 47.0 Å². The molecule has 2 heterocycles. The zero-order valence-corrected chi connectivity index (χ0v) is 11.1. The topological polar surface area (TPSA) is 52.0 Å². The molecule has 1 unspecified atom stereocenters. The highest BCUT2D eigenvalue weighted by molar-refractivity contribution is 5.78. The van der Waals surface area contributed by atoms with E-state index in [9.17, 15) is 0 Å². The van der Waals surface area contributed by atoms with E-state index in [2.05, 4.69) is 18.0 Å². The van der Waals surface area contributed by atoms with E-state index < -0.39 is 0 Å². The normalized spacial score (nSPS) is 12.8. The lowest BCUT2D eigenvalue weighted by Gasteiger charge is -2.08. The molecule has 1 atom stereocenters. The van der Waals surface area contributed by atoms with Crippen LogP contribution in [0.4, 0.5) is 0 Å². The van der Waals surface area contributed by atoms with Crippen molar-refractivity contribution < 1.29 is 4.42 Å². The molecule has 3 rings (SSSR count). The van der Waals surface area contributed by atoms with Crippen LogP contribution in [0, 0.1) is 13.8 Å². The third kappa shape index (κ3) is 2.25. The van der Waals surface area contributed by atoms with Gasteiger partial charge in [-0.1, -0.05) is 17.7 Å². The molecule has 2 aromatic heterocycles. The molecule has 0 aliphatic carbocycles. The van der Waals surface area contributed by atoms with Crippen molar-refractivity contribution in [1.29, 1.82) is 0 Å². The summed E-state index contributed by atoms with van der Waals surface area (Å²) < 4.78 is 5.82. The van der Waals surface area contributed by atoms with Gasteiger partial charge in [-0.3, -0.25) is 4.98 Å². The van der Waals surface area contributed by atoms with Crippen LogP contribution in [0.5, 0.6) is 0 Å². The summed E-state index contributed by atoms with van der Waals surface area (Å²) in [5.41, 5.74) is 10.3. The zero-order valence-electron chi connectivity index (χ0n) is 11.1. The Hall–Kier alpha value is -2.13. The average molecular weight is 252 g/mol. The number of benzene rings is 1. The molecule has 0 radical (unpaired) electrons. The first kappa shape index (κ1) is 11.9. The number of rotatable bonds is 2. The highest BCUT2D eigenvalue weighted by Crippen LogP contribution is 2.27. The predicted octanol–water partition coefficient (Wildman–Crippen LogP) is 3.49. The van der Waals surface area contributed by atoms with E-state index in [0.717, 1.165) is 28.0 Å². The Bertz CT molecular complexity index is 713. The Labute approximate surface area is 112 Å². The number of fused-ring (bicyclic) bond motifs is 1. The average Bonchev–Trinajstić information content (AvgIpc) is 2.81. The van der Waals surface area contributed by atoms with Crippen molar-refractivity contribution in [2.24, 2.45) is 5.73 Å². The van der Waals surface area contributed by atoms with Gasteiger partial charge < -0.3 is 10.2 Å². The van der Waals surface area contributed by atoms with E-state index in [1.807, 2.05) is 37.3 Å². The van der Waals surface area contributed by atoms with Gasteiger partial charge in [0.15, 0.2) is 0 Å². The number of furan rings is 1. The highest BCUT2D eigenvalue weighted by atomic mass is 16.3. The van der Waals surface area contributed by atoms with Gasteiger partial charge in [0.05, 0.1) is 6.04 Å². The van der Waals surface area contributed by atoms with Gasteiger partial charge in [-0.25, -0.2) is 0 Å². The molecule has 0 aliphatic heterocycles. The van der Waals surface area contributed by atoms with Gasteiger partial charge in [0.1, 0.15) is 11.3 Å². The molecule has 0 saturated carbocycles. The first-order valence-corrected chi connectivity index (χ1v) is 6.32. The molecule has 2 N–H and O–H groups in total. The minimum Gasteiger partial charge on any atom is -0.459 e. The summed E-state index contributed by atoms with van der Waals surface area (Å²) in [5.74, 6) is 0.770. The zero-order chi connectivity index (χ0) is 13.4.